The number of halogens is 1. The van der Waals surface area contributed by atoms with Crippen LogP contribution in [0.15, 0.2) is 58.4 Å². The fraction of sp³-hybridized carbons (Fsp3) is 0.472. The van der Waals surface area contributed by atoms with E-state index in [-0.39, 0.29) is 28.3 Å². The molecule has 0 fully saturated rings. The van der Waals surface area contributed by atoms with Gasteiger partial charge in [0.1, 0.15) is 11.5 Å². The molecule has 0 aliphatic rings. The Hall–Kier alpha value is -4.02. The normalized spacial score (nSPS) is 11.8. The summed E-state index contributed by atoms with van der Waals surface area (Å²) in [4.78, 5) is 23.9. The number of aromatic nitrogens is 3. The third kappa shape index (κ3) is 10.5. The van der Waals surface area contributed by atoms with Crippen molar-refractivity contribution in [3.8, 4) is 5.69 Å². The number of benzene rings is 2. The fourth-order valence-corrected chi connectivity index (χ4v) is 4.92. The Morgan fingerprint density at radius 1 is 1.00 bits per heavy atom. The molecule has 0 aliphatic carbocycles. The fourth-order valence-electron chi connectivity index (χ4n) is 4.92. The van der Waals surface area contributed by atoms with Crippen LogP contribution in [-0.2, 0) is 23.8 Å². The highest BCUT2D eigenvalue weighted by Gasteiger charge is 2.18. The number of guanidine groups is 1. The van der Waals surface area contributed by atoms with Crippen LogP contribution in [0.1, 0.15) is 88.8 Å². The lowest BCUT2D eigenvalue weighted by atomic mass is 9.84. The minimum absolute atomic E-state index is 0.0352. The summed E-state index contributed by atoms with van der Waals surface area (Å²) >= 11 is 0. The molecule has 0 bridgehead atoms. The standard InChI is InChI=1S/C21H29N7O.C15H24FN/c1-21(2,3)17-11-15-13-28(20(29)27-18(15)26-17)16-7-5-14(6-8-16)12-24-9-4-10-25-19(22)23;1-11-9-13(15(2,3)4)10-12(14(11)16)7-5-6-8-17/h5-8,11,13,24H,4,9-10,12H2,1-3H3,(H4,22,23,25)(H,26,27,29);9-10H,5-8,17H2,1-4H3. The summed E-state index contributed by atoms with van der Waals surface area (Å²) in [5.74, 6) is 0.0767. The molecule has 2 heterocycles. The Morgan fingerprint density at radius 2 is 1.70 bits per heavy atom. The van der Waals surface area contributed by atoms with Crippen LogP contribution in [0.3, 0.4) is 0 Å². The van der Waals surface area contributed by atoms with Crippen molar-refractivity contribution < 1.29 is 4.39 Å². The van der Waals surface area contributed by atoms with Crippen LogP contribution in [0.4, 0.5) is 4.39 Å². The lowest BCUT2D eigenvalue weighted by Gasteiger charge is -2.21. The summed E-state index contributed by atoms with van der Waals surface area (Å²) in [6.45, 7) is 17.5. The maximum Gasteiger partial charge on any atom is 0.354 e. The molecule has 0 radical (unpaired) electrons. The molecule has 0 saturated carbocycles. The Morgan fingerprint density at radius 3 is 2.30 bits per heavy atom. The lowest BCUT2D eigenvalue weighted by Crippen LogP contribution is -2.23. The van der Waals surface area contributed by atoms with Gasteiger partial charge in [-0.2, -0.15) is 4.98 Å². The van der Waals surface area contributed by atoms with Gasteiger partial charge in [0.05, 0.1) is 5.69 Å². The van der Waals surface area contributed by atoms with Crippen LogP contribution < -0.4 is 28.2 Å². The number of H-pyrrole nitrogens is 1. The molecule has 4 rings (SSSR count). The highest BCUT2D eigenvalue weighted by Crippen LogP contribution is 2.27. The van der Waals surface area contributed by atoms with Crippen LogP contribution in [0.5, 0.6) is 0 Å². The first-order chi connectivity index (χ1) is 21.6. The minimum Gasteiger partial charge on any atom is -0.370 e. The van der Waals surface area contributed by atoms with Gasteiger partial charge in [0.25, 0.3) is 0 Å². The molecular weight excluding hydrogens is 579 g/mol. The van der Waals surface area contributed by atoms with E-state index in [9.17, 15) is 9.18 Å². The molecule has 46 heavy (non-hydrogen) atoms. The average molecular weight is 633 g/mol. The number of fused-ring (bicyclic) bond motifs is 1. The second kappa shape index (κ2) is 16.0. The van der Waals surface area contributed by atoms with E-state index in [0.717, 1.165) is 72.2 Å². The molecule has 0 aliphatic heterocycles. The van der Waals surface area contributed by atoms with E-state index >= 15 is 0 Å². The molecule has 0 amide bonds. The Balaban J connectivity index is 0.000000289. The molecule has 0 unspecified atom stereocenters. The molecule has 2 aromatic carbocycles. The number of nitrogens with two attached hydrogens (primary N) is 3. The maximum absolute atomic E-state index is 14.0. The van der Waals surface area contributed by atoms with Gasteiger partial charge in [0, 0.05) is 35.8 Å². The molecule has 0 spiro atoms. The number of nitrogens with one attached hydrogen (secondary N) is 2. The summed E-state index contributed by atoms with van der Waals surface area (Å²) in [6, 6.07) is 13.9. The Kier molecular flexibility index (Phi) is 12.7. The van der Waals surface area contributed by atoms with Gasteiger partial charge >= 0.3 is 5.69 Å². The minimum atomic E-state index is -0.301. The first-order valence-electron chi connectivity index (χ1n) is 16.1. The van der Waals surface area contributed by atoms with Gasteiger partial charge in [-0.3, -0.25) is 9.56 Å². The molecule has 4 aromatic rings. The second-order valence-corrected chi connectivity index (χ2v) is 13.9. The predicted molar refractivity (Wildman–Crippen MR) is 189 cm³/mol. The monoisotopic (exact) mass is 632 g/mol. The number of rotatable bonds is 11. The number of nitrogens with zero attached hydrogens (tertiary/aromatic N) is 3. The summed E-state index contributed by atoms with van der Waals surface area (Å²) in [6.07, 6.45) is 5.41. The van der Waals surface area contributed by atoms with Crippen molar-refractivity contribution in [2.24, 2.45) is 22.2 Å². The molecule has 10 heteroatoms. The van der Waals surface area contributed by atoms with Crippen LogP contribution in [-0.4, -0.2) is 40.1 Å². The first-order valence-corrected chi connectivity index (χ1v) is 16.1. The maximum atomic E-state index is 14.0. The number of aliphatic imine (C=N–C) groups is 1. The quantitative estimate of drug-likeness (QED) is 0.0839. The molecular formula is C36H53FN8O. The van der Waals surface area contributed by atoms with E-state index in [4.69, 9.17) is 17.2 Å². The summed E-state index contributed by atoms with van der Waals surface area (Å²) < 4.78 is 15.5. The largest absolute Gasteiger partial charge is 0.370 e. The van der Waals surface area contributed by atoms with Gasteiger partial charge < -0.3 is 27.5 Å². The summed E-state index contributed by atoms with van der Waals surface area (Å²) in [5, 5.41) is 4.27. The SMILES string of the molecule is CC(C)(C)c1cc2cn(-c3ccc(CNCCCN=C(N)N)cc3)c(=O)nc2[nH]1.Cc1cc(C(C)(C)C)cc(CCCCN)c1F. The zero-order valence-corrected chi connectivity index (χ0v) is 28.6. The molecule has 250 valence electrons. The van der Waals surface area contributed by atoms with Crippen molar-refractivity contribution in [3.05, 3.63) is 92.9 Å². The van der Waals surface area contributed by atoms with Crippen molar-refractivity contribution in [3.63, 3.8) is 0 Å². The number of hydrogen-bond acceptors (Lipinski definition) is 5. The van der Waals surface area contributed by atoms with Crippen molar-refractivity contribution >= 4 is 17.0 Å². The number of aryl methyl sites for hydroxylation is 2. The predicted octanol–water partition coefficient (Wildman–Crippen LogP) is 5.48. The number of aromatic amines is 1. The van der Waals surface area contributed by atoms with Crippen LogP contribution in [0.2, 0.25) is 0 Å². The molecule has 0 atom stereocenters. The van der Waals surface area contributed by atoms with Gasteiger partial charge in [-0.1, -0.05) is 65.8 Å². The van der Waals surface area contributed by atoms with Crippen molar-refractivity contribution in [2.75, 3.05) is 19.6 Å². The Bertz CT molecular complexity index is 1650. The van der Waals surface area contributed by atoms with Crippen molar-refractivity contribution in [1.82, 2.24) is 19.9 Å². The zero-order valence-electron chi connectivity index (χ0n) is 28.6. The van der Waals surface area contributed by atoms with Crippen molar-refractivity contribution in [1.29, 1.82) is 0 Å². The summed E-state index contributed by atoms with van der Waals surface area (Å²) in [7, 11) is 0. The van der Waals surface area contributed by atoms with Gasteiger partial charge in [-0.05, 0) is 91.6 Å². The lowest BCUT2D eigenvalue weighted by molar-refractivity contribution is 0.567. The van der Waals surface area contributed by atoms with Crippen LogP contribution in [0, 0.1) is 12.7 Å². The van der Waals surface area contributed by atoms with E-state index < -0.39 is 0 Å². The molecule has 0 saturated heterocycles. The Labute approximate surface area is 272 Å². The zero-order chi connectivity index (χ0) is 34.1. The second-order valence-electron chi connectivity index (χ2n) is 13.9. The topological polar surface area (TPSA) is 153 Å². The van der Waals surface area contributed by atoms with Crippen LogP contribution >= 0.6 is 0 Å². The third-order valence-electron chi connectivity index (χ3n) is 7.76. The van der Waals surface area contributed by atoms with Gasteiger partial charge in [-0.15, -0.1) is 0 Å². The highest BCUT2D eigenvalue weighted by atomic mass is 19.1. The van der Waals surface area contributed by atoms with Gasteiger partial charge in [0.15, 0.2) is 5.96 Å². The van der Waals surface area contributed by atoms with E-state index in [0.29, 0.717) is 18.7 Å². The van der Waals surface area contributed by atoms with E-state index in [1.165, 1.54) is 5.56 Å². The average Bonchev–Trinajstić information content (AvgIpc) is 3.40. The molecule has 2 aromatic heterocycles. The third-order valence-corrected chi connectivity index (χ3v) is 7.76. The van der Waals surface area contributed by atoms with Gasteiger partial charge in [-0.25, -0.2) is 9.18 Å². The first kappa shape index (κ1) is 36.4. The van der Waals surface area contributed by atoms with Crippen LogP contribution in [0.25, 0.3) is 16.7 Å². The summed E-state index contributed by atoms with van der Waals surface area (Å²) in [5.41, 5.74) is 22.2. The van der Waals surface area contributed by atoms with Crippen molar-refractivity contribution in [2.45, 2.75) is 91.5 Å². The smallest absolute Gasteiger partial charge is 0.354 e. The van der Waals surface area contributed by atoms with E-state index in [1.54, 1.807) is 4.57 Å². The van der Waals surface area contributed by atoms with Gasteiger partial charge in [0.2, 0.25) is 0 Å². The number of hydrogen-bond donors (Lipinski definition) is 5. The molecule has 9 nitrogen and oxygen atoms in total. The highest BCUT2D eigenvalue weighted by molar-refractivity contribution is 5.76. The number of unbranched alkanes of at least 4 members (excludes halogenated alkanes) is 1. The van der Waals surface area contributed by atoms with E-state index in [2.05, 4.69) is 67.9 Å². The molecule has 8 N–H and O–H groups in total. The van der Waals surface area contributed by atoms with E-state index in [1.807, 2.05) is 49.5 Å².